The highest BCUT2D eigenvalue weighted by Crippen LogP contribution is 2.45. The normalized spacial score (nSPS) is 11.6. The summed E-state index contributed by atoms with van der Waals surface area (Å²) in [5.74, 6) is 0. The second-order valence-corrected chi connectivity index (χ2v) is 6.04. The standard InChI is InChI=1S/C10H24O4P2/c1-5-11-15(12-6-2)9-10-16(13-7-3)14-8-4/h5-10H2,1-4H3. The Labute approximate surface area is 102 Å². The Morgan fingerprint density at radius 3 is 1.00 bits per heavy atom. The van der Waals surface area contributed by atoms with Gasteiger partial charge in [-0.15, -0.1) is 0 Å². The molecule has 0 fully saturated rings. The van der Waals surface area contributed by atoms with Gasteiger partial charge >= 0.3 is 0 Å². The van der Waals surface area contributed by atoms with Crippen LogP contribution < -0.4 is 0 Å². The van der Waals surface area contributed by atoms with Gasteiger partial charge in [0.05, 0.1) is 26.4 Å². The first-order chi connectivity index (χ1) is 7.78. The SMILES string of the molecule is CCOP(CCP(OCC)OCC)OCC. The van der Waals surface area contributed by atoms with Crippen LogP contribution in [0, 0.1) is 0 Å². The maximum Gasteiger partial charge on any atom is 0.170 e. The Hall–Kier alpha value is 0.700. The summed E-state index contributed by atoms with van der Waals surface area (Å²) in [5, 5.41) is 0. The van der Waals surface area contributed by atoms with Gasteiger partial charge in [-0.2, -0.15) is 0 Å². The molecule has 0 N–H and O–H groups in total. The number of hydrogen-bond acceptors (Lipinski definition) is 4. The first-order valence-corrected chi connectivity index (χ1v) is 8.57. The predicted octanol–water partition coefficient (Wildman–Crippen LogP) is 3.76. The fraction of sp³-hybridized carbons (Fsp3) is 1.00. The van der Waals surface area contributed by atoms with Crippen LogP contribution in [-0.2, 0) is 18.1 Å². The fourth-order valence-electron chi connectivity index (χ4n) is 1.07. The smallest absolute Gasteiger partial charge is 0.170 e. The van der Waals surface area contributed by atoms with Crippen LogP contribution in [0.15, 0.2) is 0 Å². The number of rotatable bonds is 11. The predicted molar refractivity (Wildman–Crippen MR) is 70.1 cm³/mol. The van der Waals surface area contributed by atoms with E-state index in [1.807, 2.05) is 27.7 Å². The monoisotopic (exact) mass is 270 g/mol. The summed E-state index contributed by atoms with van der Waals surface area (Å²) in [7, 11) is -1.52. The quantitative estimate of drug-likeness (QED) is 0.536. The Morgan fingerprint density at radius 2 is 0.812 bits per heavy atom. The number of hydrogen-bond donors (Lipinski definition) is 0. The molecule has 0 radical (unpaired) electrons. The highest BCUT2D eigenvalue weighted by molar-refractivity contribution is 7.51. The lowest BCUT2D eigenvalue weighted by Crippen LogP contribution is -2.02. The van der Waals surface area contributed by atoms with E-state index in [0.717, 1.165) is 12.3 Å². The van der Waals surface area contributed by atoms with E-state index >= 15 is 0 Å². The molecule has 0 aromatic rings. The Bertz CT molecular complexity index is 121. The summed E-state index contributed by atoms with van der Waals surface area (Å²) in [6, 6.07) is 0. The van der Waals surface area contributed by atoms with Crippen molar-refractivity contribution in [2.45, 2.75) is 27.7 Å². The van der Waals surface area contributed by atoms with E-state index in [2.05, 4.69) is 0 Å². The molecule has 0 aliphatic rings. The van der Waals surface area contributed by atoms with Crippen LogP contribution in [0.3, 0.4) is 0 Å². The van der Waals surface area contributed by atoms with Crippen LogP contribution in [0.25, 0.3) is 0 Å². The molecule has 98 valence electrons. The van der Waals surface area contributed by atoms with Crippen molar-refractivity contribution in [1.29, 1.82) is 0 Å². The zero-order valence-corrected chi connectivity index (χ0v) is 12.6. The minimum absolute atomic E-state index is 0.701. The van der Waals surface area contributed by atoms with Crippen LogP contribution in [0.1, 0.15) is 27.7 Å². The highest BCUT2D eigenvalue weighted by Gasteiger charge is 2.15. The fourth-order valence-corrected chi connectivity index (χ4v) is 4.20. The Balaban J connectivity index is 3.83. The van der Waals surface area contributed by atoms with Crippen LogP contribution in [0.5, 0.6) is 0 Å². The molecule has 0 aliphatic carbocycles. The summed E-state index contributed by atoms with van der Waals surface area (Å²) < 4.78 is 22.1. The molecule has 4 nitrogen and oxygen atoms in total. The van der Waals surface area contributed by atoms with Crippen LogP contribution in [0.2, 0.25) is 0 Å². The van der Waals surface area contributed by atoms with Gasteiger partial charge < -0.3 is 18.1 Å². The molecule has 0 rings (SSSR count). The Morgan fingerprint density at radius 1 is 0.562 bits per heavy atom. The summed E-state index contributed by atoms with van der Waals surface area (Å²) in [6.07, 6.45) is 1.78. The highest BCUT2D eigenvalue weighted by atomic mass is 31.2. The van der Waals surface area contributed by atoms with Crippen molar-refractivity contribution in [3.05, 3.63) is 0 Å². The molecule has 0 aromatic carbocycles. The lowest BCUT2D eigenvalue weighted by molar-refractivity contribution is 0.262. The second kappa shape index (κ2) is 12.2. The van der Waals surface area contributed by atoms with Crippen molar-refractivity contribution in [2.75, 3.05) is 38.8 Å². The van der Waals surface area contributed by atoms with Crippen LogP contribution >= 0.6 is 16.8 Å². The maximum absolute atomic E-state index is 5.53. The van der Waals surface area contributed by atoms with Gasteiger partial charge in [-0.1, -0.05) is 0 Å². The van der Waals surface area contributed by atoms with E-state index in [9.17, 15) is 0 Å². The lowest BCUT2D eigenvalue weighted by Gasteiger charge is -2.19. The molecule has 0 unspecified atom stereocenters. The maximum atomic E-state index is 5.53. The van der Waals surface area contributed by atoms with Gasteiger partial charge in [0.1, 0.15) is 0 Å². The summed E-state index contributed by atoms with van der Waals surface area (Å²) in [4.78, 5) is 0. The van der Waals surface area contributed by atoms with E-state index in [4.69, 9.17) is 18.1 Å². The lowest BCUT2D eigenvalue weighted by atomic mass is 10.9. The van der Waals surface area contributed by atoms with E-state index in [1.165, 1.54) is 0 Å². The largest absolute Gasteiger partial charge is 0.334 e. The zero-order chi connectivity index (χ0) is 12.2. The van der Waals surface area contributed by atoms with Gasteiger partial charge in [0, 0.05) is 12.3 Å². The Kier molecular flexibility index (Phi) is 12.7. The van der Waals surface area contributed by atoms with Gasteiger partial charge in [-0.05, 0) is 27.7 Å². The molecule has 0 amide bonds. The molecule has 0 saturated carbocycles. The third-order valence-corrected chi connectivity index (χ3v) is 5.27. The minimum atomic E-state index is -0.759. The molecule has 16 heavy (non-hydrogen) atoms. The minimum Gasteiger partial charge on any atom is -0.334 e. The van der Waals surface area contributed by atoms with Crippen molar-refractivity contribution >= 4 is 16.8 Å². The molecule has 0 atom stereocenters. The molecule has 0 saturated heterocycles. The van der Waals surface area contributed by atoms with E-state index in [0.29, 0.717) is 26.4 Å². The first-order valence-electron chi connectivity index (χ1n) is 5.85. The topological polar surface area (TPSA) is 36.9 Å². The van der Waals surface area contributed by atoms with Crippen molar-refractivity contribution in [2.24, 2.45) is 0 Å². The van der Waals surface area contributed by atoms with Gasteiger partial charge in [0.15, 0.2) is 16.8 Å². The molecule has 0 aromatic heterocycles. The zero-order valence-electron chi connectivity index (χ0n) is 10.8. The molecular formula is C10H24O4P2. The molecule has 0 bridgehead atoms. The van der Waals surface area contributed by atoms with Crippen molar-refractivity contribution in [1.82, 2.24) is 0 Å². The average molecular weight is 270 g/mol. The van der Waals surface area contributed by atoms with Crippen molar-refractivity contribution in [3.63, 3.8) is 0 Å². The molecule has 0 spiro atoms. The summed E-state index contributed by atoms with van der Waals surface area (Å²) in [5.41, 5.74) is 0. The van der Waals surface area contributed by atoms with Gasteiger partial charge in [0.25, 0.3) is 0 Å². The molecule has 0 heterocycles. The van der Waals surface area contributed by atoms with E-state index in [-0.39, 0.29) is 0 Å². The van der Waals surface area contributed by atoms with E-state index < -0.39 is 16.8 Å². The van der Waals surface area contributed by atoms with E-state index in [1.54, 1.807) is 0 Å². The van der Waals surface area contributed by atoms with Crippen LogP contribution in [-0.4, -0.2) is 38.8 Å². The van der Waals surface area contributed by atoms with Crippen molar-refractivity contribution < 1.29 is 18.1 Å². The first kappa shape index (κ1) is 16.7. The summed E-state index contributed by atoms with van der Waals surface area (Å²) in [6.45, 7) is 10.8. The van der Waals surface area contributed by atoms with Gasteiger partial charge in [0.2, 0.25) is 0 Å². The van der Waals surface area contributed by atoms with Crippen LogP contribution in [0.4, 0.5) is 0 Å². The van der Waals surface area contributed by atoms with Gasteiger partial charge in [-0.25, -0.2) is 0 Å². The molecular weight excluding hydrogens is 246 g/mol. The average Bonchev–Trinajstić information content (AvgIpc) is 2.27. The second-order valence-electron chi connectivity index (χ2n) is 2.78. The third kappa shape index (κ3) is 8.81. The molecule has 0 aliphatic heterocycles. The van der Waals surface area contributed by atoms with Gasteiger partial charge in [-0.3, -0.25) is 0 Å². The molecule has 6 heteroatoms. The van der Waals surface area contributed by atoms with Crippen molar-refractivity contribution in [3.8, 4) is 0 Å². The summed E-state index contributed by atoms with van der Waals surface area (Å²) >= 11 is 0. The third-order valence-electron chi connectivity index (χ3n) is 1.56.